The molecule has 2 aromatic carbocycles. The quantitative estimate of drug-likeness (QED) is 0.805. The Morgan fingerprint density at radius 3 is 2.16 bits per heavy atom. The average molecular weight is 361 g/mol. The molecule has 3 rings (SSSR count). The molecule has 0 aromatic heterocycles. The molecule has 8 heteroatoms. The zero-order valence-electron chi connectivity index (χ0n) is 13.3. The van der Waals surface area contributed by atoms with Crippen molar-refractivity contribution in [3.05, 3.63) is 53.6 Å². The Morgan fingerprint density at radius 1 is 1.04 bits per heavy atom. The van der Waals surface area contributed by atoms with Gasteiger partial charge >= 0.3 is 0 Å². The molecule has 1 N–H and O–H groups in total. The molecule has 0 spiro atoms. The third kappa shape index (κ3) is 2.79. The van der Waals surface area contributed by atoms with Crippen LogP contribution in [0, 0.1) is 0 Å². The van der Waals surface area contributed by atoms with Crippen LogP contribution in [0.5, 0.6) is 5.75 Å². The number of aliphatic hydroxyl groups is 1. The van der Waals surface area contributed by atoms with Crippen molar-refractivity contribution in [1.29, 1.82) is 0 Å². The molecule has 0 saturated carbocycles. The number of nitrogens with zero attached hydrogens (tertiary/aromatic N) is 1. The van der Waals surface area contributed by atoms with Crippen molar-refractivity contribution in [1.82, 2.24) is 0 Å². The predicted molar refractivity (Wildman–Crippen MR) is 89.7 cm³/mol. The van der Waals surface area contributed by atoms with E-state index >= 15 is 0 Å². The van der Waals surface area contributed by atoms with Gasteiger partial charge in [-0.2, -0.15) is 0 Å². The molecule has 0 aliphatic carbocycles. The molecule has 2 amide bonds. The molecule has 0 atom stereocenters. The van der Waals surface area contributed by atoms with Crippen LogP contribution in [0.15, 0.2) is 47.4 Å². The van der Waals surface area contributed by atoms with E-state index in [1.165, 1.54) is 37.4 Å². The molecule has 0 fully saturated rings. The summed E-state index contributed by atoms with van der Waals surface area (Å²) < 4.78 is 29.6. The lowest BCUT2D eigenvalue weighted by Crippen LogP contribution is -2.30. The van der Waals surface area contributed by atoms with Crippen LogP contribution < -0.4 is 9.64 Å². The smallest absolute Gasteiger partial charge is 0.266 e. The summed E-state index contributed by atoms with van der Waals surface area (Å²) in [5.41, 5.74) is 0.545. The normalized spacial score (nSPS) is 13.9. The number of sulfone groups is 1. The zero-order chi connectivity index (χ0) is 18.2. The highest BCUT2D eigenvalue weighted by Crippen LogP contribution is 2.36. The lowest BCUT2D eigenvalue weighted by atomic mass is 10.1. The van der Waals surface area contributed by atoms with Gasteiger partial charge in [0.1, 0.15) is 5.75 Å². The van der Waals surface area contributed by atoms with Crippen molar-refractivity contribution in [2.75, 3.05) is 24.4 Å². The lowest BCUT2D eigenvalue weighted by molar-refractivity contribution is 0.0925. The molecule has 1 aliphatic heterocycles. The highest BCUT2D eigenvalue weighted by molar-refractivity contribution is 7.91. The van der Waals surface area contributed by atoms with Crippen molar-refractivity contribution >= 4 is 27.3 Å². The highest BCUT2D eigenvalue weighted by Gasteiger charge is 2.38. The van der Waals surface area contributed by atoms with Crippen molar-refractivity contribution in [3.8, 4) is 5.75 Å². The Labute approximate surface area is 144 Å². The van der Waals surface area contributed by atoms with E-state index in [2.05, 4.69) is 0 Å². The number of hydrogen-bond donors (Lipinski definition) is 1. The molecule has 0 bridgehead atoms. The molecular formula is C17H15NO6S. The number of benzene rings is 2. The lowest BCUT2D eigenvalue weighted by Gasteiger charge is -2.18. The number of aliphatic hydroxyl groups excluding tert-OH is 1. The van der Waals surface area contributed by atoms with Gasteiger partial charge in [-0.05, 0) is 30.3 Å². The first-order valence-electron chi connectivity index (χ1n) is 7.40. The molecule has 1 aliphatic rings. The monoisotopic (exact) mass is 361 g/mol. The van der Waals surface area contributed by atoms with Crippen LogP contribution in [-0.2, 0) is 9.84 Å². The van der Waals surface area contributed by atoms with E-state index in [-0.39, 0.29) is 27.5 Å². The second kappa shape index (κ2) is 6.30. The molecule has 0 unspecified atom stereocenters. The SMILES string of the molecule is COc1ccc(S(=O)(=O)CCO)cc1N1C(=O)c2ccccc2C1=O. The minimum Gasteiger partial charge on any atom is -0.495 e. The first-order valence-corrected chi connectivity index (χ1v) is 9.05. The topological polar surface area (TPSA) is 101 Å². The number of ether oxygens (including phenoxy) is 1. The Balaban J connectivity index is 2.14. The van der Waals surface area contributed by atoms with E-state index in [0.717, 1.165) is 4.90 Å². The number of carbonyl (C=O) groups is 2. The number of rotatable bonds is 5. The van der Waals surface area contributed by atoms with Gasteiger partial charge in [0.2, 0.25) is 0 Å². The highest BCUT2D eigenvalue weighted by atomic mass is 32.2. The second-order valence-corrected chi connectivity index (χ2v) is 7.48. The number of fused-ring (bicyclic) bond motifs is 1. The summed E-state index contributed by atoms with van der Waals surface area (Å²) in [6, 6.07) is 10.3. The number of hydrogen-bond acceptors (Lipinski definition) is 6. The van der Waals surface area contributed by atoms with Crippen LogP contribution in [-0.4, -0.2) is 44.8 Å². The van der Waals surface area contributed by atoms with Crippen LogP contribution >= 0.6 is 0 Å². The Hall–Kier alpha value is -2.71. The van der Waals surface area contributed by atoms with Crippen molar-refractivity contribution in [2.24, 2.45) is 0 Å². The average Bonchev–Trinajstić information content (AvgIpc) is 2.86. The molecule has 2 aromatic rings. The molecule has 1 heterocycles. The van der Waals surface area contributed by atoms with Gasteiger partial charge in [-0.3, -0.25) is 9.59 Å². The minimum absolute atomic E-state index is 0.0488. The van der Waals surface area contributed by atoms with E-state index in [9.17, 15) is 18.0 Å². The van der Waals surface area contributed by atoms with Gasteiger partial charge in [0.05, 0.1) is 41.2 Å². The fraction of sp³-hybridized carbons (Fsp3) is 0.176. The number of amides is 2. The minimum atomic E-state index is -3.74. The van der Waals surface area contributed by atoms with Gasteiger partial charge in [0.15, 0.2) is 9.84 Å². The van der Waals surface area contributed by atoms with Crippen LogP contribution in [0.4, 0.5) is 5.69 Å². The largest absolute Gasteiger partial charge is 0.495 e. The number of carbonyl (C=O) groups excluding carboxylic acids is 2. The maximum Gasteiger partial charge on any atom is 0.266 e. The summed E-state index contributed by atoms with van der Waals surface area (Å²) in [6.07, 6.45) is 0. The molecule has 130 valence electrons. The summed E-state index contributed by atoms with van der Waals surface area (Å²) in [6.45, 7) is -0.531. The fourth-order valence-corrected chi connectivity index (χ4v) is 3.73. The fourth-order valence-electron chi connectivity index (χ4n) is 2.68. The number of anilines is 1. The van der Waals surface area contributed by atoms with Gasteiger partial charge in [0, 0.05) is 0 Å². The van der Waals surface area contributed by atoms with Gasteiger partial charge < -0.3 is 9.84 Å². The van der Waals surface area contributed by atoms with Crippen LogP contribution in [0.3, 0.4) is 0 Å². The Bertz CT molecular complexity index is 932. The van der Waals surface area contributed by atoms with Crippen molar-refractivity contribution in [3.63, 3.8) is 0 Å². The van der Waals surface area contributed by atoms with E-state index in [0.29, 0.717) is 0 Å². The van der Waals surface area contributed by atoms with Gasteiger partial charge in [-0.25, -0.2) is 13.3 Å². The van der Waals surface area contributed by atoms with Crippen molar-refractivity contribution in [2.45, 2.75) is 4.90 Å². The van der Waals surface area contributed by atoms with E-state index < -0.39 is 34.0 Å². The van der Waals surface area contributed by atoms with E-state index in [4.69, 9.17) is 9.84 Å². The molecule has 0 radical (unpaired) electrons. The van der Waals surface area contributed by atoms with Crippen LogP contribution in [0.25, 0.3) is 0 Å². The zero-order valence-corrected chi connectivity index (χ0v) is 14.1. The summed E-state index contributed by atoms with van der Waals surface area (Å²) in [7, 11) is -2.38. The van der Waals surface area contributed by atoms with Crippen LogP contribution in [0.2, 0.25) is 0 Å². The number of methoxy groups -OCH3 is 1. The summed E-state index contributed by atoms with van der Waals surface area (Å²) in [4.78, 5) is 26.0. The van der Waals surface area contributed by atoms with Gasteiger partial charge in [0.25, 0.3) is 11.8 Å². The van der Waals surface area contributed by atoms with Gasteiger partial charge in [-0.1, -0.05) is 12.1 Å². The molecule has 25 heavy (non-hydrogen) atoms. The molecule has 7 nitrogen and oxygen atoms in total. The maximum atomic E-state index is 12.6. The summed E-state index contributed by atoms with van der Waals surface area (Å²) in [5, 5.41) is 8.92. The van der Waals surface area contributed by atoms with Crippen molar-refractivity contribution < 1.29 is 27.9 Å². The Morgan fingerprint density at radius 2 is 1.64 bits per heavy atom. The van der Waals surface area contributed by atoms with E-state index in [1.807, 2.05) is 0 Å². The molecular weight excluding hydrogens is 346 g/mol. The Kier molecular flexibility index (Phi) is 4.32. The van der Waals surface area contributed by atoms with Crippen LogP contribution in [0.1, 0.15) is 20.7 Å². The third-order valence-electron chi connectivity index (χ3n) is 3.90. The standard InChI is InChI=1S/C17H15NO6S/c1-24-15-7-6-11(25(22,23)9-8-19)10-14(15)18-16(20)12-4-2-3-5-13(12)17(18)21/h2-7,10,19H,8-9H2,1H3. The van der Waals surface area contributed by atoms with E-state index in [1.54, 1.807) is 12.1 Å². The first-order chi connectivity index (χ1) is 11.9. The molecule has 0 saturated heterocycles. The predicted octanol–water partition coefficient (Wildman–Crippen LogP) is 1.26. The first kappa shape index (κ1) is 17.1. The van der Waals surface area contributed by atoms with Gasteiger partial charge in [-0.15, -0.1) is 0 Å². The summed E-state index contributed by atoms with van der Waals surface area (Å²) in [5.74, 6) is -1.36. The maximum absolute atomic E-state index is 12.6. The number of imide groups is 1. The second-order valence-electron chi connectivity index (χ2n) is 5.37. The summed E-state index contributed by atoms with van der Waals surface area (Å²) >= 11 is 0. The third-order valence-corrected chi connectivity index (χ3v) is 5.60.